The van der Waals surface area contributed by atoms with E-state index in [0.29, 0.717) is 0 Å². The van der Waals surface area contributed by atoms with E-state index in [1.54, 1.807) is 0 Å². The molecule has 2 atom stereocenters. The van der Waals surface area contributed by atoms with Crippen molar-refractivity contribution in [2.75, 3.05) is 18.8 Å². The molecule has 1 aliphatic rings. The highest BCUT2D eigenvalue weighted by molar-refractivity contribution is 5.99. The number of benzene rings is 1. The second-order valence-corrected chi connectivity index (χ2v) is 4.08. The summed E-state index contributed by atoms with van der Waals surface area (Å²) in [6.07, 6.45) is -1.89. The Morgan fingerprint density at radius 3 is 2.47 bits per heavy atom. The fourth-order valence-corrected chi connectivity index (χ4v) is 1.83. The first-order valence-electron chi connectivity index (χ1n) is 5.19. The van der Waals surface area contributed by atoms with Crippen LogP contribution in [0.3, 0.4) is 0 Å². The summed E-state index contributed by atoms with van der Waals surface area (Å²) in [7, 11) is 0. The van der Waals surface area contributed by atoms with Gasteiger partial charge in [-0.25, -0.2) is 4.39 Å². The van der Waals surface area contributed by atoms with Crippen molar-refractivity contribution in [1.29, 1.82) is 0 Å². The average Bonchev–Trinajstić information content (AvgIpc) is 2.58. The molecule has 0 saturated carbocycles. The third kappa shape index (κ3) is 2.22. The lowest BCUT2D eigenvalue weighted by Crippen LogP contribution is -2.30. The van der Waals surface area contributed by atoms with Crippen LogP contribution in [-0.4, -0.2) is 46.3 Å². The molecule has 0 radical (unpaired) electrons. The highest BCUT2D eigenvalue weighted by Gasteiger charge is 2.33. The van der Waals surface area contributed by atoms with E-state index >= 15 is 0 Å². The first-order valence-corrected chi connectivity index (χ1v) is 5.19. The number of nitrogen functional groups attached to an aromatic ring is 1. The smallest absolute Gasteiger partial charge is 0.256 e. The summed E-state index contributed by atoms with van der Waals surface area (Å²) in [6.45, 7) is 0.105. The van der Waals surface area contributed by atoms with Crippen molar-refractivity contribution in [2.24, 2.45) is 0 Å². The molecule has 0 aromatic heterocycles. The Bertz CT molecular complexity index is 442. The van der Waals surface area contributed by atoms with E-state index in [-0.39, 0.29) is 24.3 Å². The van der Waals surface area contributed by atoms with Crippen LogP contribution in [0.2, 0.25) is 0 Å². The third-order valence-corrected chi connectivity index (χ3v) is 2.79. The second kappa shape index (κ2) is 4.31. The molecule has 6 heteroatoms. The molecule has 1 aromatic rings. The Labute approximate surface area is 97.3 Å². The maximum absolute atomic E-state index is 12.8. The number of hydrogen-bond donors (Lipinski definition) is 3. The number of aliphatic hydroxyl groups is 2. The molecule has 1 heterocycles. The summed E-state index contributed by atoms with van der Waals surface area (Å²) in [4.78, 5) is 13.3. The first kappa shape index (κ1) is 11.8. The lowest BCUT2D eigenvalue weighted by atomic mass is 10.1. The molecule has 1 amide bonds. The molecule has 0 bridgehead atoms. The number of carbonyl (C=O) groups is 1. The first-order chi connectivity index (χ1) is 7.99. The highest BCUT2D eigenvalue weighted by Crippen LogP contribution is 2.19. The van der Waals surface area contributed by atoms with Gasteiger partial charge in [0.1, 0.15) is 5.82 Å². The molecule has 5 nitrogen and oxygen atoms in total. The van der Waals surface area contributed by atoms with Gasteiger partial charge >= 0.3 is 0 Å². The monoisotopic (exact) mass is 240 g/mol. The summed E-state index contributed by atoms with van der Waals surface area (Å²) in [5, 5.41) is 18.7. The third-order valence-electron chi connectivity index (χ3n) is 2.79. The van der Waals surface area contributed by atoms with Crippen LogP contribution in [0.15, 0.2) is 18.2 Å². The van der Waals surface area contributed by atoms with Gasteiger partial charge in [0.2, 0.25) is 0 Å². The topological polar surface area (TPSA) is 86.8 Å². The normalized spacial score (nSPS) is 24.1. The molecule has 0 aliphatic carbocycles. The van der Waals surface area contributed by atoms with Gasteiger partial charge in [0.15, 0.2) is 0 Å². The van der Waals surface area contributed by atoms with E-state index in [1.165, 1.54) is 11.0 Å². The average molecular weight is 240 g/mol. The number of amides is 1. The zero-order valence-corrected chi connectivity index (χ0v) is 9.01. The predicted molar refractivity (Wildman–Crippen MR) is 58.7 cm³/mol. The summed E-state index contributed by atoms with van der Waals surface area (Å²) in [5.74, 6) is -0.932. The van der Waals surface area contributed by atoms with Gasteiger partial charge in [0.25, 0.3) is 5.91 Å². The summed E-state index contributed by atoms with van der Waals surface area (Å²) in [5.41, 5.74) is 5.77. The van der Waals surface area contributed by atoms with E-state index < -0.39 is 23.9 Å². The van der Waals surface area contributed by atoms with E-state index in [1.807, 2.05) is 0 Å². The second-order valence-electron chi connectivity index (χ2n) is 4.08. The van der Waals surface area contributed by atoms with Crippen LogP contribution in [0.1, 0.15) is 10.4 Å². The van der Waals surface area contributed by atoms with Gasteiger partial charge < -0.3 is 20.8 Å². The Morgan fingerprint density at radius 2 is 1.94 bits per heavy atom. The molecule has 2 unspecified atom stereocenters. The lowest BCUT2D eigenvalue weighted by molar-refractivity contribution is 0.0572. The molecule has 1 fully saturated rings. The molecule has 17 heavy (non-hydrogen) atoms. The van der Waals surface area contributed by atoms with Gasteiger partial charge in [-0.05, 0) is 18.2 Å². The van der Waals surface area contributed by atoms with Crippen molar-refractivity contribution in [3.8, 4) is 0 Å². The Kier molecular flexibility index (Phi) is 2.99. The minimum atomic E-state index is -0.944. The van der Waals surface area contributed by atoms with E-state index in [0.717, 1.165) is 12.1 Å². The summed E-state index contributed by atoms with van der Waals surface area (Å²) in [6, 6.07) is 3.51. The summed E-state index contributed by atoms with van der Waals surface area (Å²) >= 11 is 0. The lowest BCUT2D eigenvalue weighted by Gasteiger charge is -2.16. The minimum absolute atomic E-state index is 0.0471. The number of carbonyl (C=O) groups excluding carboxylic acids is 1. The minimum Gasteiger partial charge on any atom is -0.398 e. The van der Waals surface area contributed by atoms with Crippen molar-refractivity contribution < 1.29 is 19.4 Å². The standard InChI is InChI=1S/C11H13FN2O3/c12-6-1-2-7(8(13)3-6)11(17)14-4-9(15)10(16)5-14/h1-3,9-10,15-16H,4-5,13H2. The van der Waals surface area contributed by atoms with Gasteiger partial charge in [-0.3, -0.25) is 4.79 Å². The van der Waals surface area contributed by atoms with Crippen LogP contribution in [-0.2, 0) is 0 Å². The van der Waals surface area contributed by atoms with Gasteiger partial charge in [0.05, 0.1) is 17.8 Å². The Balaban J connectivity index is 2.20. The zero-order chi connectivity index (χ0) is 12.6. The molecular weight excluding hydrogens is 227 g/mol. The number of nitrogens with zero attached hydrogens (tertiary/aromatic N) is 1. The molecule has 1 saturated heterocycles. The maximum Gasteiger partial charge on any atom is 0.256 e. The van der Waals surface area contributed by atoms with Crippen molar-refractivity contribution >= 4 is 11.6 Å². The van der Waals surface area contributed by atoms with Crippen LogP contribution in [0.25, 0.3) is 0 Å². The number of hydrogen-bond acceptors (Lipinski definition) is 4. The van der Waals surface area contributed by atoms with Crippen molar-refractivity contribution in [3.05, 3.63) is 29.6 Å². The Hall–Kier alpha value is -1.66. The number of likely N-dealkylation sites (tertiary alicyclic amines) is 1. The van der Waals surface area contributed by atoms with Crippen molar-refractivity contribution in [2.45, 2.75) is 12.2 Å². The fraction of sp³-hybridized carbons (Fsp3) is 0.364. The zero-order valence-electron chi connectivity index (χ0n) is 9.01. The van der Waals surface area contributed by atoms with Crippen LogP contribution in [0.4, 0.5) is 10.1 Å². The van der Waals surface area contributed by atoms with Gasteiger partial charge in [-0.2, -0.15) is 0 Å². The molecule has 0 spiro atoms. The van der Waals surface area contributed by atoms with Crippen molar-refractivity contribution in [3.63, 3.8) is 0 Å². The number of β-amino-alcohol motifs (C(OH)–C–C–N with tert-alkyl or cyclic N) is 2. The number of aliphatic hydroxyl groups excluding tert-OH is 2. The molecule has 1 aliphatic heterocycles. The highest BCUT2D eigenvalue weighted by atomic mass is 19.1. The number of rotatable bonds is 1. The fourth-order valence-electron chi connectivity index (χ4n) is 1.83. The number of nitrogens with two attached hydrogens (primary N) is 1. The quantitative estimate of drug-likeness (QED) is 0.582. The molecule has 92 valence electrons. The van der Waals surface area contributed by atoms with Crippen LogP contribution >= 0.6 is 0 Å². The van der Waals surface area contributed by atoms with Crippen LogP contribution < -0.4 is 5.73 Å². The molecule has 2 rings (SSSR count). The summed E-state index contributed by atoms with van der Waals surface area (Å²) < 4.78 is 12.8. The van der Waals surface area contributed by atoms with Gasteiger partial charge in [0, 0.05) is 18.8 Å². The molecular formula is C11H13FN2O3. The number of halogens is 1. The molecule has 4 N–H and O–H groups in total. The van der Waals surface area contributed by atoms with Gasteiger partial charge in [-0.1, -0.05) is 0 Å². The number of anilines is 1. The SMILES string of the molecule is Nc1cc(F)ccc1C(=O)N1CC(O)C(O)C1. The Morgan fingerprint density at radius 1 is 1.35 bits per heavy atom. The van der Waals surface area contributed by atoms with E-state index in [2.05, 4.69) is 0 Å². The maximum atomic E-state index is 12.8. The van der Waals surface area contributed by atoms with E-state index in [4.69, 9.17) is 5.73 Å². The molecule has 1 aromatic carbocycles. The largest absolute Gasteiger partial charge is 0.398 e. The van der Waals surface area contributed by atoms with E-state index in [9.17, 15) is 19.4 Å². The predicted octanol–water partition coefficient (Wildman–Crippen LogP) is -0.415. The van der Waals surface area contributed by atoms with Crippen LogP contribution in [0.5, 0.6) is 0 Å². The van der Waals surface area contributed by atoms with Crippen molar-refractivity contribution in [1.82, 2.24) is 4.90 Å². The van der Waals surface area contributed by atoms with Crippen LogP contribution in [0, 0.1) is 5.82 Å². The van der Waals surface area contributed by atoms with Gasteiger partial charge in [-0.15, -0.1) is 0 Å².